The fourth-order valence-corrected chi connectivity index (χ4v) is 4.35. The van der Waals surface area contributed by atoms with Crippen molar-refractivity contribution in [2.45, 2.75) is 38.6 Å². The van der Waals surface area contributed by atoms with Crippen molar-refractivity contribution < 1.29 is 4.79 Å². The van der Waals surface area contributed by atoms with Gasteiger partial charge >= 0.3 is 0 Å². The number of hydrogen-bond donors (Lipinski definition) is 1. The van der Waals surface area contributed by atoms with E-state index in [1.165, 1.54) is 11.1 Å². The zero-order valence-electron chi connectivity index (χ0n) is 17.1. The van der Waals surface area contributed by atoms with E-state index in [2.05, 4.69) is 61.3 Å². The van der Waals surface area contributed by atoms with Crippen LogP contribution in [-0.4, -0.2) is 54.6 Å². The summed E-state index contributed by atoms with van der Waals surface area (Å²) in [5.74, 6) is 0.192. The van der Waals surface area contributed by atoms with Crippen LogP contribution in [0.3, 0.4) is 0 Å². The first kappa shape index (κ1) is 19.1. The average molecular weight is 379 g/mol. The second-order valence-corrected chi connectivity index (χ2v) is 8.81. The molecule has 28 heavy (non-hydrogen) atoms. The Morgan fingerprint density at radius 2 is 2.07 bits per heavy atom. The van der Waals surface area contributed by atoms with Gasteiger partial charge in [-0.25, -0.2) is 0 Å². The number of piperazine rings is 1. The fourth-order valence-electron chi connectivity index (χ4n) is 4.35. The molecule has 4 rings (SSSR count). The van der Waals surface area contributed by atoms with Crippen LogP contribution in [0, 0.1) is 0 Å². The molecule has 2 aliphatic rings. The van der Waals surface area contributed by atoms with Crippen LogP contribution in [0.15, 0.2) is 42.6 Å². The molecule has 2 aliphatic heterocycles. The van der Waals surface area contributed by atoms with Crippen LogP contribution in [-0.2, 0) is 16.6 Å². The Balaban J connectivity index is 1.55. The predicted octanol–water partition coefficient (Wildman–Crippen LogP) is 2.59. The average Bonchev–Trinajstić information content (AvgIpc) is 2.93. The van der Waals surface area contributed by atoms with Gasteiger partial charge in [0, 0.05) is 61.5 Å². The van der Waals surface area contributed by atoms with Gasteiger partial charge in [0.1, 0.15) is 0 Å². The first-order valence-electron chi connectivity index (χ1n) is 10.2. The molecule has 0 spiro atoms. The molecule has 148 valence electrons. The molecule has 5 heteroatoms. The number of nitrogens with one attached hydrogen (secondary N) is 1. The molecule has 2 aromatic rings. The van der Waals surface area contributed by atoms with Crippen LogP contribution >= 0.6 is 0 Å². The number of benzene rings is 1. The lowest BCUT2D eigenvalue weighted by Gasteiger charge is -2.32. The van der Waals surface area contributed by atoms with Gasteiger partial charge in [0.05, 0.1) is 12.2 Å². The van der Waals surface area contributed by atoms with Gasteiger partial charge in [0.15, 0.2) is 0 Å². The van der Waals surface area contributed by atoms with Crippen LogP contribution in [0.2, 0.25) is 0 Å². The number of anilines is 1. The van der Waals surface area contributed by atoms with Gasteiger partial charge in [-0.05, 0) is 18.6 Å². The second-order valence-electron chi connectivity index (χ2n) is 8.81. The molecule has 1 atom stereocenters. The van der Waals surface area contributed by atoms with Crippen LogP contribution in [0.1, 0.15) is 37.6 Å². The number of nitrogens with zero attached hydrogens (tertiary/aromatic N) is 3. The zero-order valence-corrected chi connectivity index (χ0v) is 17.1. The molecule has 1 fully saturated rings. The highest BCUT2D eigenvalue weighted by Crippen LogP contribution is 2.40. The molecule has 1 aromatic carbocycles. The zero-order chi connectivity index (χ0) is 19.7. The van der Waals surface area contributed by atoms with Crippen molar-refractivity contribution in [3.05, 3.63) is 59.4 Å². The molecular formula is C23H30N4O. The summed E-state index contributed by atoms with van der Waals surface area (Å²) in [5, 5.41) is 3.44. The van der Waals surface area contributed by atoms with Crippen molar-refractivity contribution in [3.63, 3.8) is 0 Å². The van der Waals surface area contributed by atoms with E-state index in [9.17, 15) is 4.79 Å². The van der Waals surface area contributed by atoms with Crippen LogP contribution in [0.25, 0.3) is 0 Å². The number of amides is 1. The standard InChI is InChI=1S/C23H30N4O/c1-17-14-26(10-9-24-17)15-22(28)27-16-23(2,3)20-13-25-19(12-21(20)27)11-18-7-5-4-6-8-18/h4-8,12-13,17,24H,9-11,14-16H2,1-3H3. The molecule has 5 nitrogen and oxygen atoms in total. The van der Waals surface area contributed by atoms with Crippen molar-refractivity contribution in [1.29, 1.82) is 0 Å². The highest BCUT2D eigenvalue weighted by atomic mass is 16.2. The SMILES string of the molecule is CC1CN(CC(=O)N2CC(C)(C)c3cnc(Cc4ccccc4)cc32)CCN1. The summed E-state index contributed by atoms with van der Waals surface area (Å²) < 4.78 is 0. The Labute approximate surface area is 167 Å². The lowest BCUT2D eigenvalue weighted by Crippen LogP contribution is -2.52. The minimum atomic E-state index is -0.0694. The molecule has 1 N–H and O–H groups in total. The highest BCUT2D eigenvalue weighted by Gasteiger charge is 2.39. The predicted molar refractivity (Wildman–Crippen MR) is 113 cm³/mol. The van der Waals surface area contributed by atoms with Crippen LogP contribution < -0.4 is 10.2 Å². The summed E-state index contributed by atoms with van der Waals surface area (Å²) in [6, 6.07) is 12.9. The van der Waals surface area contributed by atoms with E-state index in [0.29, 0.717) is 12.6 Å². The minimum absolute atomic E-state index is 0.0694. The molecule has 1 unspecified atom stereocenters. The third kappa shape index (κ3) is 3.96. The smallest absolute Gasteiger partial charge is 0.241 e. The Bertz CT molecular complexity index is 849. The Morgan fingerprint density at radius 1 is 1.29 bits per heavy atom. The normalized spacial score (nSPS) is 21.5. The number of rotatable bonds is 4. The van der Waals surface area contributed by atoms with Crippen molar-refractivity contribution in [2.24, 2.45) is 0 Å². The summed E-state index contributed by atoms with van der Waals surface area (Å²) in [4.78, 5) is 22.1. The van der Waals surface area contributed by atoms with Gasteiger partial charge in [0.25, 0.3) is 0 Å². The molecule has 1 saturated heterocycles. The maximum atomic E-state index is 13.2. The number of hydrogen-bond acceptors (Lipinski definition) is 4. The lowest BCUT2D eigenvalue weighted by molar-refractivity contribution is -0.120. The third-order valence-electron chi connectivity index (χ3n) is 5.85. The number of pyridine rings is 1. The maximum Gasteiger partial charge on any atom is 0.241 e. The first-order valence-corrected chi connectivity index (χ1v) is 10.2. The largest absolute Gasteiger partial charge is 0.312 e. The van der Waals surface area contributed by atoms with E-state index < -0.39 is 0 Å². The third-order valence-corrected chi connectivity index (χ3v) is 5.85. The van der Waals surface area contributed by atoms with Gasteiger partial charge in [-0.2, -0.15) is 0 Å². The number of carbonyl (C=O) groups is 1. The van der Waals surface area contributed by atoms with E-state index in [0.717, 1.165) is 44.0 Å². The fraction of sp³-hybridized carbons (Fsp3) is 0.478. The number of carbonyl (C=O) groups excluding carboxylic acids is 1. The van der Waals surface area contributed by atoms with Gasteiger partial charge < -0.3 is 10.2 Å². The Kier molecular flexibility index (Phi) is 5.21. The van der Waals surface area contributed by atoms with Crippen LogP contribution in [0.4, 0.5) is 5.69 Å². The second kappa shape index (κ2) is 7.64. The molecule has 0 aliphatic carbocycles. The maximum absolute atomic E-state index is 13.2. The van der Waals surface area contributed by atoms with E-state index in [-0.39, 0.29) is 11.3 Å². The molecular weight excluding hydrogens is 348 g/mol. The van der Waals surface area contributed by atoms with Gasteiger partial charge in [-0.15, -0.1) is 0 Å². The lowest BCUT2D eigenvalue weighted by atomic mass is 9.88. The van der Waals surface area contributed by atoms with E-state index in [4.69, 9.17) is 4.98 Å². The number of fused-ring (bicyclic) bond motifs is 1. The summed E-state index contributed by atoms with van der Waals surface area (Å²) in [6.45, 7) is 10.6. The Hall–Kier alpha value is -2.24. The van der Waals surface area contributed by atoms with Crippen molar-refractivity contribution >= 4 is 11.6 Å². The van der Waals surface area contributed by atoms with Gasteiger partial charge in [-0.1, -0.05) is 44.2 Å². The molecule has 0 radical (unpaired) electrons. The highest BCUT2D eigenvalue weighted by molar-refractivity contribution is 5.97. The van der Waals surface area contributed by atoms with Crippen molar-refractivity contribution in [1.82, 2.24) is 15.2 Å². The van der Waals surface area contributed by atoms with Gasteiger partial charge in [0.2, 0.25) is 5.91 Å². The summed E-state index contributed by atoms with van der Waals surface area (Å²) in [7, 11) is 0. The first-order chi connectivity index (χ1) is 13.4. The minimum Gasteiger partial charge on any atom is -0.312 e. The Morgan fingerprint density at radius 3 is 2.82 bits per heavy atom. The quantitative estimate of drug-likeness (QED) is 0.888. The van der Waals surface area contributed by atoms with Crippen molar-refractivity contribution in [2.75, 3.05) is 37.6 Å². The molecule has 1 amide bonds. The molecule has 0 saturated carbocycles. The summed E-state index contributed by atoms with van der Waals surface area (Å²) in [5.41, 5.74) is 4.39. The molecule has 3 heterocycles. The molecule has 0 bridgehead atoms. The van der Waals surface area contributed by atoms with E-state index in [1.54, 1.807) is 0 Å². The van der Waals surface area contributed by atoms with E-state index >= 15 is 0 Å². The number of aromatic nitrogens is 1. The van der Waals surface area contributed by atoms with Crippen LogP contribution in [0.5, 0.6) is 0 Å². The molecule has 1 aromatic heterocycles. The van der Waals surface area contributed by atoms with Gasteiger partial charge in [-0.3, -0.25) is 14.7 Å². The summed E-state index contributed by atoms with van der Waals surface area (Å²) >= 11 is 0. The monoisotopic (exact) mass is 378 g/mol. The topological polar surface area (TPSA) is 48.5 Å². The van der Waals surface area contributed by atoms with Crippen molar-refractivity contribution in [3.8, 4) is 0 Å². The van der Waals surface area contributed by atoms with E-state index in [1.807, 2.05) is 17.2 Å². The summed E-state index contributed by atoms with van der Waals surface area (Å²) in [6.07, 6.45) is 2.76.